The van der Waals surface area contributed by atoms with Crippen LogP contribution in [0.15, 0.2) is 12.3 Å². The summed E-state index contributed by atoms with van der Waals surface area (Å²) in [6, 6.07) is 1.16. The lowest BCUT2D eigenvalue weighted by Gasteiger charge is -2.16. The second-order valence-electron chi connectivity index (χ2n) is 4.13. The van der Waals surface area contributed by atoms with Gasteiger partial charge < -0.3 is 15.4 Å². The molecule has 1 heterocycles. The number of nitrogens with one attached hydrogen (secondary N) is 2. The molecule has 1 amide bonds. The Kier molecular flexibility index (Phi) is 5.85. The van der Waals surface area contributed by atoms with Gasteiger partial charge in [-0.15, -0.1) is 0 Å². The van der Waals surface area contributed by atoms with Crippen molar-refractivity contribution in [2.45, 2.75) is 19.4 Å². The molecule has 0 aliphatic rings. The minimum atomic E-state index is -0.626. The maximum atomic E-state index is 12.2. The summed E-state index contributed by atoms with van der Waals surface area (Å²) < 4.78 is 4.98. The van der Waals surface area contributed by atoms with Crippen molar-refractivity contribution in [2.24, 2.45) is 0 Å². The minimum absolute atomic E-state index is 0.0242. The van der Waals surface area contributed by atoms with Crippen LogP contribution in [0.2, 0.25) is 0 Å². The third kappa shape index (κ3) is 3.89. The van der Waals surface area contributed by atoms with Gasteiger partial charge in [0, 0.05) is 20.2 Å². The molecule has 1 unspecified atom stereocenters. The second-order valence-corrected chi connectivity index (χ2v) is 4.13. The SMILES string of the molecule is CCC(COC)NC(=O)c1cc(NC)ncc1[N+](=O)[O-]. The molecule has 1 aromatic heterocycles. The van der Waals surface area contributed by atoms with E-state index in [4.69, 9.17) is 4.74 Å². The molecular formula is C12H18N4O4. The molecule has 0 bridgehead atoms. The van der Waals surface area contributed by atoms with E-state index in [-0.39, 0.29) is 17.3 Å². The summed E-state index contributed by atoms with van der Waals surface area (Å²) in [7, 11) is 3.15. The van der Waals surface area contributed by atoms with E-state index in [9.17, 15) is 14.9 Å². The molecule has 0 aliphatic heterocycles. The molecule has 8 nitrogen and oxygen atoms in total. The van der Waals surface area contributed by atoms with E-state index in [1.807, 2.05) is 6.92 Å². The molecule has 0 fully saturated rings. The van der Waals surface area contributed by atoms with Gasteiger partial charge in [0.15, 0.2) is 0 Å². The zero-order valence-electron chi connectivity index (χ0n) is 11.7. The summed E-state index contributed by atoms with van der Waals surface area (Å²) in [5.41, 5.74) is -0.349. The van der Waals surface area contributed by atoms with Crippen molar-refractivity contribution < 1.29 is 14.5 Å². The fourth-order valence-corrected chi connectivity index (χ4v) is 1.64. The lowest BCUT2D eigenvalue weighted by molar-refractivity contribution is -0.385. The number of carbonyl (C=O) groups is 1. The van der Waals surface area contributed by atoms with Gasteiger partial charge in [-0.3, -0.25) is 14.9 Å². The number of hydrogen-bond acceptors (Lipinski definition) is 6. The van der Waals surface area contributed by atoms with Crippen LogP contribution in [0.25, 0.3) is 0 Å². The number of pyridine rings is 1. The third-order valence-corrected chi connectivity index (χ3v) is 2.78. The van der Waals surface area contributed by atoms with Crippen molar-refractivity contribution >= 4 is 17.4 Å². The number of carbonyl (C=O) groups excluding carboxylic acids is 1. The smallest absolute Gasteiger partial charge is 0.300 e. The highest BCUT2D eigenvalue weighted by molar-refractivity contribution is 5.98. The predicted octanol–water partition coefficient (Wildman–Crippen LogP) is 1.19. The van der Waals surface area contributed by atoms with Crippen LogP contribution in [0.1, 0.15) is 23.7 Å². The van der Waals surface area contributed by atoms with Crippen molar-refractivity contribution in [3.8, 4) is 0 Å². The monoisotopic (exact) mass is 282 g/mol. The first-order valence-corrected chi connectivity index (χ1v) is 6.15. The van der Waals surface area contributed by atoms with Gasteiger partial charge in [0.2, 0.25) is 0 Å². The van der Waals surface area contributed by atoms with E-state index in [1.165, 1.54) is 13.2 Å². The molecule has 2 N–H and O–H groups in total. The summed E-state index contributed by atoms with van der Waals surface area (Å²) >= 11 is 0. The Labute approximate surface area is 116 Å². The second kappa shape index (κ2) is 7.39. The van der Waals surface area contributed by atoms with Gasteiger partial charge >= 0.3 is 0 Å². The van der Waals surface area contributed by atoms with Crippen LogP contribution in [0.5, 0.6) is 0 Å². The highest BCUT2D eigenvalue weighted by atomic mass is 16.6. The van der Waals surface area contributed by atoms with Crippen molar-refractivity contribution in [1.82, 2.24) is 10.3 Å². The van der Waals surface area contributed by atoms with Crippen molar-refractivity contribution in [1.29, 1.82) is 0 Å². The number of amides is 1. The average Bonchev–Trinajstić information content (AvgIpc) is 2.45. The summed E-state index contributed by atoms with van der Waals surface area (Å²) in [5.74, 6) is -0.125. The first kappa shape index (κ1) is 15.8. The molecule has 0 aliphatic carbocycles. The molecule has 20 heavy (non-hydrogen) atoms. The fraction of sp³-hybridized carbons (Fsp3) is 0.500. The number of hydrogen-bond donors (Lipinski definition) is 2. The molecule has 1 aromatic rings. The number of ether oxygens (including phenoxy) is 1. The van der Waals surface area contributed by atoms with Crippen LogP contribution in [-0.2, 0) is 4.74 Å². The Balaban J connectivity index is 3.03. The minimum Gasteiger partial charge on any atom is -0.383 e. The summed E-state index contributed by atoms with van der Waals surface area (Å²) in [6.45, 7) is 2.24. The van der Waals surface area contributed by atoms with Crippen molar-refractivity contribution in [3.63, 3.8) is 0 Å². The van der Waals surface area contributed by atoms with Gasteiger partial charge in [-0.2, -0.15) is 0 Å². The highest BCUT2D eigenvalue weighted by Gasteiger charge is 2.23. The number of methoxy groups -OCH3 is 1. The van der Waals surface area contributed by atoms with Crippen LogP contribution < -0.4 is 10.6 Å². The summed E-state index contributed by atoms with van der Waals surface area (Å²) in [4.78, 5) is 26.3. The van der Waals surface area contributed by atoms with Gasteiger partial charge in [-0.05, 0) is 6.42 Å². The van der Waals surface area contributed by atoms with E-state index < -0.39 is 10.8 Å². The van der Waals surface area contributed by atoms with Crippen LogP contribution >= 0.6 is 0 Å². The lowest BCUT2D eigenvalue weighted by Crippen LogP contribution is -2.37. The first-order chi connectivity index (χ1) is 9.53. The Morgan fingerprint density at radius 3 is 2.80 bits per heavy atom. The first-order valence-electron chi connectivity index (χ1n) is 6.15. The van der Waals surface area contributed by atoms with Crippen molar-refractivity contribution in [2.75, 3.05) is 26.1 Å². The van der Waals surface area contributed by atoms with Crippen LogP contribution in [0.4, 0.5) is 11.5 Å². The van der Waals surface area contributed by atoms with Crippen molar-refractivity contribution in [3.05, 3.63) is 27.9 Å². The normalized spacial score (nSPS) is 11.8. The van der Waals surface area contributed by atoms with E-state index in [0.29, 0.717) is 18.8 Å². The topological polar surface area (TPSA) is 106 Å². The predicted molar refractivity (Wildman–Crippen MR) is 73.9 cm³/mol. The molecule has 110 valence electrons. The number of aromatic nitrogens is 1. The molecular weight excluding hydrogens is 264 g/mol. The largest absolute Gasteiger partial charge is 0.383 e. The number of rotatable bonds is 7. The lowest BCUT2D eigenvalue weighted by atomic mass is 10.1. The molecule has 0 saturated heterocycles. The highest BCUT2D eigenvalue weighted by Crippen LogP contribution is 2.20. The Morgan fingerprint density at radius 1 is 1.60 bits per heavy atom. The molecule has 0 spiro atoms. The average molecular weight is 282 g/mol. The zero-order chi connectivity index (χ0) is 15.1. The number of nitro groups is 1. The Morgan fingerprint density at radius 2 is 2.30 bits per heavy atom. The van der Waals surface area contributed by atoms with E-state index in [0.717, 1.165) is 6.20 Å². The standard InChI is InChI=1S/C12H18N4O4/c1-4-8(7-20-3)15-12(17)9-5-11(13-2)14-6-10(9)16(18)19/h5-6,8H,4,7H2,1-3H3,(H,13,14)(H,15,17). The van der Waals surface area contributed by atoms with Gasteiger partial charge in [0.25, 0.3) is 11.6 Å². The van der Waals surface area contributed by atoms with Gasteiger partial charge in [0.05, 0.1) is 17.6 Å². The van der Waals surface area contributed by atoms with Crippen LogP contribution in [-0.4, -0.2) is 42.6 Å². The Hall–Kier alpha value is -2.22. The maximum Gasteiger partial charge on any atom is 0.300 e. The third-order valence-electron chi connectivity index (χ3n) is 2.78. The summed E-state index contributed by atoms with van der Waals surface area (Å²) in [5, 5.41) is 16.4. The fourth-order valence-electron chi connectivity index (χ4n) is 1.64. The van der Waals surface area contributed by atoms with Gasteiger partial charge in [0.1, 0.15) is 17.6 Å². The molecule has 0 saturated carbocycles. The quantitative estimate of drug-likeness (QED) is 0.574. The molecule has 0 aromatic carbocycles. The van der Waals surface area contributed by atoms with Crippen LogP contribution in [0.3, 0.4) is 0 Å². The van der Waals surface area contributed by atoms with E-state index >= 15 is 0 Å². The summed E-state index contributed by atoms with van der Waals surface area (Å²) in [6.07, 6.45) is 1.73. The van der Waals surface area contributed by atoms with E-state index in [2.05, 4.69) is 15.6 Å². The maximum absolute atomic E-state index is 12.2. The van der Waals surface area contributed by atoms with Gasteiger partial charge in [-0.25, -0.2) is 4.98 Å². The number of nitrogens with zero attached hydrogens (tertiary/aromatic N) is 2. The molecule has 0 radical (unpaired) electrons. The molecule has 1 atom stereocenters. The van der Waals surface area contributed by atoms with Crippen LogP contribution in [0, 0.1) is 10.1 Å². The van der Waals surface area contributed by atoms with Gasteiger partial charge in [-0.1, -0.05) is 6.92 Å². The Bertz CT molecular complexity index is 492. The number of anilines is 1. The zero-order valence-corrected chi connectivity index (χ0v) is 11.7. The molecule has 8 heteroatoms. The molecule has 1 rings (SSSR count). The van der Waals surface area contributed by atoms with E-state index in [1.54, 1.807) is 7.05 Å².